The third kappa shape index (κ3) is 2.41. The van der Waals surface area contributed by atoms with Crippen molar-refractivity contribution >= 4 is 25.1 Å². The zero-order valence-corrected chi connectivity index (χ0v) is 9.80. The van der Waals surface area contributed by atoms with Crippen LogP contribution < -0.4 is 0 Å². The second kappa shape index (κ2) is 4.81. The van der Waals surface area contributed by atoms with Gasteiger partial charge in [-0.3, -0.25) is 4.79 Å². The first kappa shape index (κ1) is 10.7. The molecule has 15 heavy (non-hydrogen) atoms. The Bertz CT molecular complexity index is 320. The summed E-state index contributed by atoms with van der Waals surface area (Å²) in [6.07, 6.45) is 1.08. The maximum absolute atomic E-state index is 12.0. The monoisotopic (exact) mass is 222 g/mol. The Morgan fingerprint density at radius 1 is 1.40 bits per heavy atom. The van der Waals surface area contributed by atoms with E-state index in [1.807, 2.05) is 22.4 Å². The van der Waals surface area contributed by atoms with E-state index in [1.165, 1.54) is 11.3 Å². The summed E-state index contributed by atoms with van der Waals surface area (Å²) >= 11 is 1.53. The predicted octanol–water partition coefficient (Wildman–Crippen LogP) is 0.0965. The number of thiophene rings is 1. The lowest BCUT2D eigenvalue weighted by Gasteiger charge is -2.33. The van der Waals surface area contributed by atoms with Crippen LogP contribution in [0.1, 0.15) is 9.67 Å². The van der Waals surface area contributed by atoms with Crippen LogP contribution in [0.15, 0.2) is 17.5 Å². The van der Waals surface area contributed by atoms with Gasteiger partial charge in [-0.15, -0.1) is 11.3 Å². The Kier molecular flexibility index (Phi) is 3.43. The number of hydrogen-bond acceptors (Lipinski definition) is 3. The van der Waals surface area contributed by atoms with Gasteiger partial charge in [0.05, 0.1) is 4.88 Å². The molecule has 3 nitrogen and oxygen atoms in total. The zero-order valence-electron chi connectivity index (χ0n) is 8.98. The lowest BCUT2D eigenvalue weighted by Crippen LogP contribution is -2.48. The fraction of sp³-hybridized carbons (Fsp3) is 0.500. The Balaban J connectivity index is 1.93. The third-order valence-corrected chi connectivity index (χ3v) is 3.70. The summed E-state index contributed by atoms with van der Waals surface area (Å²) in [5.74, 6) is 0.195. The maximum Gasteiger partial charge on any atom is 0.264 e. The van der Waals surface area contributed by atoms with Gasteiger partial charge in [-0.1, -0.05) is 6.07 Å². The molecule has 0 N–H and O–H groups in total. The van der Waals surface area contributed by atoms with Gasteiger partial charge >= 0.3 is 0 Å². The van der Waals surface area contributed by atoms with E-state index >= 15 is 0 Å². The number of rotatable bonds is 2. The van der Waals surface area contributed by atoms with Crippen molar-refractivity contribution in [1.29, 1.82) is 0 Å². The molecule has 1 fully saturated rings. The molecule has 5 heteroatoms. The highest BCUT2D eigenvalue weighted by Gasteiger charge is 2.21. The van der Waals surface area contributed by atoms with Gasteiger partial charge in [0.15, 0.2) is 0 Å². The maximum atomic E-state index is 12.0. The van der Waals surface area contributed by atoms with Crippen LogP contribution in [0, 0.1) is 0 Å². The van der Waals surface area contributed by atoms with E-state index in [1.54, 1.807) is 0 Å². The van der Waals surface area contributed by atoms with Crippen molar-refractivity contribution in [3.8, 4) is 0 Å². The molecule has 0 saturated carbocycles. The standard InChI is InChI=1S/C10H15BN2OS/c11-8-12-3-5-13(6-4-12)10(14)9-2-1-7-15-9/h1-2,7H,3-6,8,11H2. The van der Waals surface area contributed by atoms with Gasteiger partial charge < -0.3 is 9.80 Å². The minimum absolute atomic E-state index is 0.195. The Morgan fingerprint density at radius 2 is 2.13 bits per heavy atom. The summed E-state index contributed by atoms with van der Waals surface area (Å²) in [7, 11) is 2.16. The first-order valence-corrected chi connectivity index (χ1v) is 6.24. The van der Waals surface area contributed by atoms with Crippen LogP contribution in [-0.2, 0) is 0 Å². The van der Waals surface area contributed by atoms with E-state index in [4.69, 9.17) is 0 Å². The minimum atomic E-state index is 0.195. The molecule has 2 rings (SSSR count). The summed E-state index contributed by atoms with van der Waals surface area (Å²) in [5.41, 5.74) is 0. The molecule has 0 aromatic carbocycles. The molecular weight excluding hydrogens is 207 g/mol. The zero-order chi connectivity index (χ0) is 10.7. The lowest BCUT2D eigenvalue weighted by molar-refractivity contribution is 0.0661. The number of carbonyl (C=O) groups is 1. The van der Waals surface area contributed by atoms with Crippen LogP contribution in [0.4, 0.5) is 0 Å². The van der Waals surface area contributed by atoms with Crippen molar-refractivity contribution in [2.24, 2.45) is 0 Å². The van der Waals surface area contributed by atoms with E-state index < -0.39 is 0 Å². The molecule has 0 radical (unpaired) electrons. The molecule has 1 aliphatic heterocycles. The van der Waals surface area contributed by atoms with Crippen LogP contribution in [0.2, 0.25) is 0 Å². The van der Waals surface area contributed by atoms with E-state index in [-0.39, 0.29) is 5.91 Å². The van der Waals surface area contributed by atoms with Crippen molar-refractivity contribution in [1.82, 2.24) is 9.80 Å². The van der Waals surface area contributed by atoms with Crippen molar-refractivity contribution in [2.75, 3.05) is 32.6 Å². The number of hydrogen-bond donors (Lipinski definition) is 0. The molecule has 0 bridgehead atoms. The third-order valence-electron chi connectivity index (χ3n) is 2.84. The van der Waals surface area contributed by atoms with Crippen LogP contribution in [0.3, 0.4) is 0 Å². The highest BCUT2D eigenvalue weighted by atomic mass is 32.1. The largest absolute Gasteiger partial charge is 0.335 e. The van der Waals surface area contributed by atoms with Gasteiger partial charge in [0.25, 0.3) is 5.91 Å². The quantitative estimate of drug-likeness (QED) is 0.662. The molecule has 1 saturated heterocycles. The average Bonchev–Trinajstić information content (AvgIpc) is 2.82. The van der Waals surface area contributed by atoms with E-state index in [9.17, 15) is 4.79 Å². The Morgan fingerprint density at radius 3 is 2.67 bits per heavy atom. The van der Waals surface area contributed by atoms with Gasteiger partial charge in [0.1, 0.15) is 7.85 Å². The van der Waals surface area contributed by atoms with Crippen molar-refractivity contribution in [3.05, 3.63) is 22.4 Å². The van der Waals surface area contributed by atoms with Crippen LogP contribution in [0.5, 0.6) is 0 Å². The SMILES string of the molecule is BCN1CCN(C(=O)c2cccs2)CC1. The molecule has 0 unspecified atom stereocenters. The molecule has 0 spiro atoms. The van der Waals surface area contributed by atoms with Gasteiger partial charge in [-0.05, 0) is 17.9 Å². The smallest absolute Gasteiger partial charge is 0.264 e. The van der Waals surface area contributed by atoms with E-state index in [2.05, 4.69) is 12.7 Å². The minimum Gasteiger partial charge on any atom is -0.335 e. The van der Waals surface area contributed by atoms with Crippen LogP contribution in [0.25, 0.3) is 0 Å². The highest BCUT2D eigenvalue weighted by molar-refractivity contribution is 7.12. The first-order chi connectivity index (χ1) is 7.31. The number of amides is 1. The predicted molar refractivity (Wildman–Crippen MR) is 65.2 cm³/mol. The normalized spacial score (nSPS) is 18.0. The highest BCUT2D eigenvalue weighted by Crippen LogP contribution is 2.13. The van der Waals surface area contributed by atoms with Crippen molar-refractivity contribution in [2.45, 2.75) is 0 Å². The van der Waals surface area contributed by atoms with E-state index in [0.717, 1.165) is 37.5 Å². The van der Waals surface area contributed by atoms with E-state index in [0.29, 0.717) is 0 Å². The fourth-order valence-corrected chi connectivity index (χ4v) is 2.51. The molecule has 1 amide bonds. The van der Waals surface area contributed by atoms with Crippen molar-refractivity contribution < 1.29 is 4.79 Å². The molecule has 2 heterocycles. The summed E-state index contributed by atoms with van der Waals surface area (Å²) in [6.45, 7) is 3.75. The Hall–Kier alpha value is -0.805. The van der Waals surface area contributed by atoms with Crippen molar-refractivity contribution in [3.63, 3.8) is 0 Å². The van der Waals surface area contributed by atoms with Gasteiger partial charge in [-0.2, -0.15) is 0 Å². The summed E-state index contributed by atoms with van der Waals surface area (Å²) in [6, 6.07) is 3.83. The topological polar surface area (TPSA) is 23.6 Å². The summed E-state index contributed by atoms with van der Waals surface area (Å²) < 4.78 is 0. The van der Waals surface area contributed by atoms with Crippen LogP contribution >= 0.6 is 11.3 Å². The lowest BCUT2D eigenvalue weighted by atomic mass is 10.1. The molecule has 1 aromatic heterocycles. The number of nitrogens with zero attached hydrogens (tertiary/aromatic N) is 2. The first-order valence-electron chi connectivity index (χ1n) is 5.36. The van der Waals surface area contributed by atoms with Gasteiger partial charge in [0, 0.05) is 26.2 Å². The van der Waals surface area contributed by atoms with Gasteiger partial charge in [0.2, 0.25) is 0 Å². The number of piperazine rings is 1. The Labute approximate surface area is 95.1 Å². The molecular formula is C10H15BN2OS. The second-order valence-electron chi connectivity index (χ2n) is 3.70. The summed E-state index contributed by atoms with van der Waals surface area (Å²) in [4.78, 5) is 17.2. The second-order valence-corrected chi connectivity index (χ2v) is 4.65. The number of carbonyl (C=O) groups excluding carboxylic acids is 1. The average molecular weight is 222 g/mol. The fourth-order valence-electron chi connectivity index (χ4n) is 1.82. The molecule has 1 aromatic rings. The summed E-state index contributed by atoms with van der Waals surface area (Å²) in [5, 5.41) is 1.95. The molecule has 80 valence electrons. The molecule has 0 aliphatic carbocycles. The van der Waals surface area contributed by atoms with Crippen LogP contribution in [-0.4, -0.2) is 56.2 Å². The van der Waals surface area contributed by atoms with Gasteiger partial charge in [-0.25, -0.2) is 0 Å². The molecule has 1 aliphatic rings. The molecule has 0 atom stereocenters.